The number of carbonyl (C=O) groups excluding carboxylic acids is 1. The molecule has 1 aromatic heterocycles. The number of carbonyl (C=O) groups is 1. The molecule has 0 aromatic carbocycles. The molecule has 0 bridgehead atoms. The number of aliphatic hydroxyl groups is 1. The molecule has 6 nitrogen and oxygen atoms in total. The molecular weight excluding hydrogens is 258 g/mol. The number of rotatable bonds is 6. The molecule has 0 radical (unpaired) electrons. The molecule has 1 aromatic rings. The van der Waals surface area contributed by atoms with Crippen LogP contribution in [-0.4, -0.2) is 55.5 Å². The van der Waals surface area contributed by atoms with E-state index in [-0.39, 0.29) is 12.3 Å². The Morgan fingerprint density at radius 1 is 1.65 bits per heavy atom. The largest absolute Gasteiger partial charge is 0.464 e. The fraction of sp³-hybridized carbons (Fsp3) is 0.571. The number of aliphatic hydroxyl groups excluding tert-OH is 1. The van der Waals surface area contributed by atoms with Gasteiger partial charge in [0.25, 0.3) is 0 Å². The Morgan fingerprint density at radius 3 is 3.15 bits per heavy atom. The number of esters is 1. The lowest BCUT2D eigenvalue weighted by molar-refractivity contribution is 0.0594. The van der Waals surface area contributed by atoms with Gasteiger partial charge in [0.2, 0.25) is 0 Å². The summed E-state index contributed by atoms with van der Waals surface area (Å²) in [7, 11) is 1.34. The second-order valence-electron chi connectivity index (χ2n) is 4.85. The molecule has 1 fully saturated rings. The lowest BCUT2D eigenvalue weighted by atomic mass is 10.2. The molecule has 1 saturated heterocycles. The smallest absolute Gasteiger partial charge is 0.356 e. The molecule has 2 heterocycles. The van der Waals surface area contributed by atoms with Gasteiger partial charge < -0.3 is 20.1 Å². The van der Waals surface area contributed by atoms with Gasteiger partial charge in [0.15, 0.2) is 0 Å². The molecule has 2 rings (SSSR count). The molecule has 1 aliphatic rings. The fourth-order valence-corrected chi connectivity index (χ4v) is 2.46. The van der Waals surface area contributed by atoms with Crippen LogP contribution in [0.2, 0.25) is 0 Å². The Morgan fingerprint density at radius 2 is 2.50 bits per heavy atom. The monoisotopic (exact) mass is 279 g/mol. The normalized spacial score (nSPS) is 18.0. The van der Waals surface area contributed by atoms with E-state index in [1.54, 1.807) is 12.3 Å². The maximum absolute atomic E-state index is 11.5. The third-order valence-corrected chi connectivity index (χ3v) is 3.48. The van der Waals surface area contributed by atoms with E-state index in [1.807, 2.05) is 6.07 Å². The second kappa shape index (κ2) is 7.21. The van der Waals surface area contributed by atoms with Crippen LogP contribution in [0.1, 0.15) is 23.3 Å². The first-order chi connectivity index (χ1) is 9.74. The van der Waals surface area contributed by atoms with Crippen molar-refractivity contribution < 1.29 is 14.6 Å². The van der Waals surface area contributed by atoms with E-state index in [0.29, 0.717) is 12.6 Å². The Kier molecular flexibility index (Phi) is 5.31. The molecule has 0 amide bonds. The maximum atomic E-state index is 11.5. The molecule has 0 aliphatic carbocycles. The van der Waals surface area contributed by atoms with Gasteiger partial charge in [-0.25, -0.2) is 9.78 Å². The van der Waals surface area contributed by atoms with Crippen LogP contribution < -0.4 is 10.2 Å². The van der Waals surface area contributed by atoms with E-state index in [4.69, 9.17) is 0 Å². The van der Waals surface area contributed by atoms with E-state index < -0.39 is 5.97 Å². The number of ether oxygens (including phenoxy) is 1. The molecule has 6 heteroatoms. The summed E-state index contributed by atoms with van der Waals surface area (Å²) in [5.41, 5.74) is 1.16. The number of nitrogens with zero attached hydrogens (tertiary/aromatic N) is 2. The Labute approximate surface area is 118 Å². The summed E-state index contributed by atoms with van der Waals surface area (Å²) >= 11 is 0. The van der Waals surface area contributed by atoms with Gasteiger partial charge in [-0.15, -0.1) is 0 Å². The zero-order valence-electron chi connectivity index (χ0n) is 11.7. The zero-order chi connectivity index (χ0) is 14.4. The highest BCUT2D eigenvalue weighted by molar-refractivity contribution is 5.88. The van der Waals surface area contributed by atoms with Gasteiger partial charge in [-0.3, -0.25) is 0 Å². The average molecular weight is 279 g/mol. The molecule has 0 spiro atoms. The van der Waals surface area contributed by atoms with Crippen molar-refractivity contribution in [2.45, 2.75) is 18.9 Å². The Hall–Kier alpha value is -1.66. The summed E-state index contributed by atoms with van der Waals surface area (Å²) in [4.78, 5) is 17.6. The minimum Gasteiger partial charge on any atom is -0.464 e. The van der Waals surface area contributed by atoms with Crippen LogP contribution in [-0.2, 0) is 4.74 Å². The van der Waals surface area contributed by atoms with Crippen molar-refractivity contribution in [1.82, 2.24) is 10.3 Å². The summed E-state index contributed by atoms with van der Waals surface area (Å²) in [6.45, 7) is 2.46. The van der Waals surface area contributed by atoms with Gasteiger partial charge in [0.05, 0.1) is 13.7 Å². The van der Waals surface area contributed by atoms with E-state index in [9.17, 15) is 9.90 Å². The van der Waals surface area contributed by atoms with Crippen molar-refractivity contribution in [1.29, 1.82) is 0 Å². The molecule has 2 N–H and O–H groups in total. The summed E-state index contributed by atoms with van der Waals surface area (Å²) in [5, 5.41) is 12.7. The first-order valence-corrected chi connectivity index (χ1v) is 6.88. The lowest BCUT2D eigenvalue weighted by Crippen LogP contribution is -2.39. The SMILES string of the molecule is COC(=O)c1cc(N(CCO)CC2CCCN2)ccn1. The van der Waals surface area contributed by atoms with Crippen molar-refractivity contribution in [3.8, 4) is 0 Å². The molecule has 1 aliphatic heterocycles. The molecule has 110 valence electrons. The van der Waals surface area contributed by atoms with Crippen LogP contribution in [0.5, 0.6) is 0 Å². The van der Waals surface area contributed by atoms with Crippen molar-refractivity contribution in [2.24, 2.45) is 0 Å². The van der Waals surface area contributed by atoms with E-state index >= 15 is 0 Å². The minimum atomic E-state index is -0.449. The molecular formula is C14H21N3O3. The van der Waals surface area contributed by atoms with Crippen LogP contribution in [0.25, 0.3) is 0 Å². The van der Waals surface area contributed by atoms with Crippen molar-refractivity contribution in [2.75, 3.05) is 38.3 Å². The van der Waals surface area contributed by atoms with E-state index in [1.165, 1.54) is 13.5 Å². The van der Waals surface area contributed by atoms with Gasteiger partial charge in [-0.05, 0) is 31.5 Å². The number of nitrogens with one attached hydrogen (secondary N) is 1. The minimum absolute atomic E-state index is 0.0720. The average Bonchev–Trinajstić information content (AvgIpc) is 2.99. The first kappa shape index (κ1) is 14.7. The van der Waals surface area contributed by atoms with E-state index in [2.05, 4.69) is 19.9 Å². The van der Waals surface area contributed by atoms with Crippen LogP contribution in [0.4, 0.5) is 5.69 Å². The lowest BCUT2D eigenvalue weighted by Gasteiger charge is -2.27. The summed E-state index contributed by atoms with van der Waals surface area (Å²) in [6, 6.07) is 3.98. The number of aromatic nitrogens is 1. The van der Waals surface area contributed by atoms with Crippen molar-refractivity contribution in [3.63, 3.8) is 0 Å². The number of anilines is 1. The van der Waals surface area contributed by atoms with Crippen molar-refractivity contribution >= 4 is 11.7 Å². The van der Waals surface area contributed by atoms with Crippen LogP contribution in [0.3, 0.4) is 0 Å². The first-order valence-electron chi connectivity index (χ1n) is 6.88. The predicted octanol–water partition coefficient (Wildman–Crippen LogP) is 0.419. The number of methoxy groups -OCH3 is 1. The molecule has 20 heavy (non-hydrogen) atoms. The molecule has 1 atom stereocenters. The Bertz CT molecular complexity index is 447. The third-order valence-electron chi connectivity index (χ3n) is 3.48. The van der Waals surface area contributed by atoms with Crippen molar-refractivity contribution in [3.05, 3.63) is 24.0 Å². The van der Waals surface area contributed by atoms with E-state index in [0.717, 1.165) is 25.2 Å². The van der Waals surface area contributed by atoms with Crippen LogP contribution in [0, 0.1) is 0 Å². The standard InChI is InChI=1S/C14H21N3O3/c1-20-14(19)13-9-12(4-6-16-13)17(7-8-18)10-11-3-2-5-15-11/h4,6,9,11,15,18H,2-3,5,7-8,10H2,1H3. The second-order valence-corrected chi connectivity index (χ2v) is 4.85. The topological polar surface area (TPSA) is 74.7 Å². The van der Waals surface area contributed by atoms with Gasteiger partial charge in [-0.1, -0.05) is 0 Å². The zero-order valence-corrected chi connectivity index (χ0v) is 11.7. The maximum Gasteiger partial charge on any atom is 0.356 e. The van der Waals surface area contributed by atoms with Gasteiger partial charge in [-0.2, -0.15) is 0 Å². The molecule has 0 saturated carbocycles. The van der Waals surface area contributed by atoms with Crippen LogP contribution >= 0.6 is 0 Å². The summed E-state index contributed by atoms with van der Waals surface area (Å²) in [5.74, 6) is -0.449. The Balaban J connectivity index is 2.12. The van der Waals surface area contributed by atoms with Crippen LogP contribution in [0.15, 0.2) is 18.3 Å². The third kappa shape index (κ3) is 3.68. The van der Waals surface area contributed by atoms with Gasteiger partial charge in [0.1, 0.15) is 5.69 Å². The van der Waals surface area contributed by atoms with Gasteiger partial charge in [0, 0.05) is 31.0 Å². The highest BCUT2D eigenvalue weighted by Crippen LogP contribution is 2.17. The number of hydrogen-bond acceptors (Lipinski definition) is 6. The quantitative estimate of drug-likeness (QED) is 0.735. The summed E-state index contributed by atoms with van der Waals surface area (Å²) < 4.78 is 4.68. The predicted molar refractivity (Wildman–Crippen MR) is 75.9 cm³/mol. The number of hydrogen-bond donors (Lipinski definition) is 2. The highest BCUT2D eigenvalue weighted by Gasteiger charge is 2.19. The summed E-state index contributed by atoms with van der Waals surface area (Å²) in [6.07, 6.45) is 3.91. The number of pyridine rings is 1. The highest BCUT2D eigenvalue weighted by atomic mass is 16.5. The van der Waals surface area contributed by atoms with Gasteiger partial charge >= 0.3 is 5.97 Å². The fourth-order valence-electron chi connectivity index (χ4n) is 2.46. The molecule has 1 unspecified atom stereocenters.